The lowest BCUT2D eigenvalue weighted by Gasteiger charge is -2.22. The predicted octanol–water partition coefficient (Wildman–Crippen LogP) is 4.06. The minimum absolute atomic E-state index is 0.144. The van der Waals surface area contributed by atoms with Crippen molar-refractivity contribution in [2.45, 2.75) is 13.5 Å². The van der Waals surface area contributed by atoms with E-state index in [0.717, 1.165) is 10.2 Å². The summed E-state index contributed by atoms with van der Waals surface area (Å²) in [4.78, 5) is 14.3. The maximum atomic E-state index is 13.9. The molecule has 116 valence electrons. The van der Waals surface area contributed by atoms with E-state index in [9.17, 15) is 9.18 Å². The molecule has 1 aromatic carbocycles. The first kappa shape index (κ1) is 16.5. The number of rotatable bonds is 5. The quantitative estimate of drug-likeness (QED) is 0.734. The van der Waals surface area contributed by atoms with Crippen molar-refractivity contribution in [1.82, 2.24) is 9.47 Å². The van der Waals surface area contributed by atoms with Crippen molar-refractivity contribution in [1.29, 1.82) is 0 Å². The zero-order chi connectivity index (χ0) is 16.3. The summed E-state index contributed by atoms with van der Waals surface area (Å²) in [6.07, 6.45) is 1.64. The third-order valence-electron chi connectivity index (χ3n) is 3.60. The molecule has 1 heterocycles. The van der Waals surface area contributed by atoms with Gasteiger partial charge in [0.15, 0.2) is 0 Å². The summed E-state index contributed by atoms with van der Waals surface area (Å²) in [5.41, 5.74) is 2.04. The third-order valence-corrected chi connectivity index (χ3v) is 4.09. The molecule has 0 saturated carbocycles. The number of carbonyl (C=O) groups is 1. The van der Waals surface area contributed by atoms with Crippen LogP contribution in [0.3, 0.4) is 0 Å². The van der Waals surface area contributed by atoms with Crippen LogP contribution in [0.4, 0.5) is 4.39 Å². The second-order valence-electron chi connectivity index (χ2n) is 5.13. The number of hydrogen-bond acceptors (Lipinski definition) is 1. The van der Waals surface area contributed by atoms with Crippen molar-refractivity contribution in [3.8, 4) is 0 Å². The number of halogens is 2. The fraction of sp³-hybridized carbons (Fsp3) is 0.235. The van der Waals surface area contributed by atoms with Crippen molar-refractivity contribution in [2.24, 2.45) is 7.05 Å². The van der Waals surface area contributed by atoms with Crippen LogP contribution >= 0.6 is 15.9 Å². The lowest BCUT2D eigenvalue weighted by Crippen LogP contribution is -2.32. The van der Waals surface area contributed by atoms with Crippen LogP contribution < -0.4 is 0 Å². The van der Waals surface area contributed by atoms with E-state index in [4.69, 9.17) is 0 Å². The van der Waals surface area contributed by atoms with E-state index in [1.807, 2.05) is 24.6 Å². The summed E-state index contributed by atoms with van der Waals surface area (Å²) in [6, 6.07) is 8.39. The van der Waals surface area contributed by atoms with Crippen molar-refractivity contribution in [2.75, 3.05) is 6.54 Å². The predicted molar refractivity (Wildman–Crippen MR) is 89.2 cm³/mol. The van der Waals surface area contributed by atoms with Crippen molar-refractivity contribution >= 4 is 21.8 Å². The number of nitrogens with zero attached hydrogens (tertiary/aromatic N) is 2. The third kappa shape index (κ3) is 3.47. The van der Waals surface area contributed by atoms with Crippen LogP contribution in [0.25, 0.3) is 0 Å². The summed E-state index contributed by atoms with van der Waals surface area (Å²) < 4.78 is 16.5. The molecule has 5 heteroatoms. The standard InChI is InChI=1S/C17H18BrFN2O/c1-4-9-21(11-13-10-14(18)6-7-15(13)19)17(22)16-8-5-12(2)20(16)3/h4-8,10H,1,9,11H2,2-3H3. The van der Waals surface area contributed by atoms with E-state index in [1.54, 1.807) is 29.2 Å². The highest BCUT2D eigenvalue weighted by molar-refractivity contribution is 9.10. The van der Waals surface area contributed by atoms with E-state index in [1.165, 1.54) is 6.07 Å². The first-order valence-corrected chi connectivity index (χ1v) is 7.69. The largest absolute Gasteiger partial charge is 0.344 e. The number of amides is 1. The lowest BCUT2D eigenvalue weighted by molar-refractivity contribution is 0.0751. The molecule has 0 aliphatic carbocycles. The van der Waals surface area contributed by atoms with E-state index in [0.29, 0.717) is 17.8 Å². The summed E-state index contributed by atoms with van der Waals surface area (Å²) >= 11 is 3.33. The molecule has 0 radical (unpaired) electrons. The maximum absolute atomic E-state index is 13.9. The molecular weight excluding hydrogens is 347 g/mol. The molecule has 0 saturated heterocycles. The van der Waals surface area contributed by atoms with Crippen LogP contribution in [0, 0.1) is 12.7 Å². The van der Waals surface area contributed by atoms with Crippen LogP contribution in [0.5, 0.6) is 0 Å². The van der Waals surface area contributed by atoms with E-state index >= 15 is 0 Å². The van der Waals surface area contributed by atoms with Crippen LogP contribution in [-0.4, -0.2) is 21.9 Å². The first-order valence-electron chi connectivity index (χ1n) is 6.90. The van der Waals surface area contributed by atoms with Gasteiger partial charge in [0.2, 0.25) is 0 Å². The summed E-state index contributed by atoms with van der Waals surface area (Å²) in [7, 11) is 1.84. The van der Waals surface area contributed by atoms with Crippen molar-refractivity contribution < 1.29 is 9.18 Å². The van der Waals surface area contributed by atoms with Gasteiger partial charge in [0.1, 0.15) is 11.5 Å². The van der Waals surface area contributed by atoms with Gasteiger partial charge in [0.25, 0.3) is 5.91 Å². The van der Waals surface area contributed by atoms with Crippen LogP contribution in [0.1, 0.15) is 21.7 Å². The number of carbonyl (C=O) groups excluding carboxylic acids is 1. The molecule has 0 unspecified atom stereocenters. The fourth-order valence-electron chi connectivity index (χ4n) is 2.24. The molecule has 2 rings (SSSR count). The Hall–Kier alpha value is -1.88. The second-order valence-corrected chi connectivity index (χ2v) is 6.04. The molecule has 3 nitrogen and oxygen atoms in total. The monoisotopic (exact) mass is 364 g/mol. The Morgan fingerprint density at radius 2 is 2.14 bits per heavy atom. The Morgan fingerprint density at radius 1 is 1.41 bits per heavy atom. The summed E-state index contributed by atoms with van der Waals surface area (Å²) in [5, 5.41) is 0. The zero-order valence-corrected chi connectivity index (χ0v) is 14.2. The van der Waals surface area contributed by atoms with Crippen LogP contribution in [-0.2, 0) is 13.6 Å². The highest BCUT2D eigenvalue weighted by Gasteiger charge is 2.19. The molecule has 0 N–H and O–H groups in total. The van der Waals surface area contributed by atoms with E-state index in [-0.39, 0.29) is 18.3 Å². The molecule has 1 amide bonds. The Labute approximate surface area is 138 Å². The Kier molecular flexibility index (Phi) is 5.19. The van der Waals surface area contributed by atoms with Gasteiger partial charge in [0.05, 0.1) is 0 Å². The Balaban J connectivity index is 2.30. The zero-order valence-electron chi connectivity index (χ0n) is 12.6. The van der Waals surface area contributed by atoms with E-state index < -0.39 is 0 Å². The van der Waals surface area contributed by atoms with E-state index in [2.05, 4.69) is 22.5 Å². The molecule has 0 aliphatic heterocycles. The minimum Gasteiger partial charge on any atom is -0.344 e. The topological polar surface area (TPSA) is 25.2 Å². The minimum atomic E-state index is -0.326. The normalized spacial score (nSPS) is 10.5. The first-order chi connectivity index (χ1) is 10.4. The molecule has 0 spiro atoms. The molecule has 2 aromatic rings. The molecule has 1 aromatic heterocycles. The van der Waals surface area contributed by atoms with Crippen LogP contribution in [0.15, 0.2) is 47.5 Å². The van der Waals surface area contributed by atoms with Gasteiger partial charge in [-0.1, -0.05) is 22.0 Å². The average Bonchev–Trinajstić information content (AvgIpc) is 2.81. The van der Waals surface area contributed by atoms with Gasteiger partial charge in [-0.05, 0) is 37.3 Å². The summed E-state index contributed by atoms with van der Waals surface area (Å²) in [5.74, 6) is -0.469. The van der Waals surface area contributed by atoms with Gasteiger partial charge in [-0.15, -0.1) is 6.58 Å². The number of aryl methyl sites for hydroxylation is 1. The van der Waals surface area contributed by atoms with Gasteiger partial charge < -0.3 is 9.47 Å². The van der Waals surface area contributed by atoms with Gasteiger partial charge in [0, 0.05) is 35.9 Å². The van der Waals surface area contributed by atoms with Gasteiger partial charge in [-0.2, -0.15) is 0 Å². The highest BCUT2D eigenvalue weighted by Crippen LogP contribution is 2.19. The fourth-order valence-corrected chi connectivity index (χ4v) is 2.64. The summed E-state index contributed by atoms with van der Waals surface area (Å²) in [6.45, 7) is 6.17. The second kappa shape index (κ2) is 6.92. The molecular formula is C17H18BrFN2O. The highest BCUT2D eigenvalue weighted by atomic mass is 79.9. The van der Waals surface area contributed by atoms with Crippen molar-refractivity contribution in [3.63, 3.8) is 0 Å². The molecule has 0 fully saturated rings. The number of hydrogen-bond donors (Lipinski definition) is 0. The lowest BCUT2D eigenvalue weighted by atomic mass is 10.2. The molecule has 0 bridgehead atoms. The van der Waals surface area contributed by atoms with Gasteiger partial charge >= 0.3 is 0 Å². The van der Waals surface area contributed by atoms with Crippen molar-refractivity contribution in [3.05, 3.63) is 70.2 Å². The molecule has 0 aliphatic rings. The van der Waals surface area contributed by atoms with Gasteiger partial charge in [-0.3, -0.25) is 4.79 Å². The Bertz CT molecular complexity index is 709. The number of benzene rings is 1. The van der Waals surface area contributed by atoms with Gasteiger partial charge in [-0.25, -0.2) is 4.39 Å². The molecule has 22 heavy (non-hydrogen) atoms. The Morgan fingerprint density at radius 3 is 2.73 bits per heavy atom. The smallest absolute Gasteiger partial charge is 0.271 e. The molecule has 0 atom stereocenters. The number of aromatic nitrogens is 1. The maximum Gasteiger partial charge on any atom is 0.271 e. The average molecular weight is 365 g/mol. The van der Waals surface area contributed by atoms with Crippen LogP contribution in [0.2, 0.25) is 0 Å². The SMILES string of the molecule is C=CCN(Cc1cc(Br)ccc1F)C(=O)c1ccc(C)n1C.